The van der Waals surface area contributed by atoms with Crippen LogP contribution in [-0.4, -0.2) is 37.1 Å². The molecular weight excluding hydrogens is 350 g/mol. The van der Waals surface area contributed by atoms with Gasteiger partial charge in [0.25, 0.3) is 0 Å². The van der Waals surface area contributed by atoms with Crippen molar-refractivity contribution in [1.29, 1.82) is 5.26 Å². The number of nitrogens with zero attached hydrogens (tertiary/aromatic N) is 2. The van der Waals surface area contributed by atoms with E-state index in [9.17, 15) is 4.79 Å². The fourth-order valence-corrected chi connectivity index (χ4v) is 4.26. The largest absolute Gasteiger partial charge is 0.486 e. The van der Waals surface area contributed by atoms with Crippen molar-refractivity contribution in [1.82, 2.24) is 4.90 Å². The third kappa shape index (κ3) is 3.39. The lowest BCUT2D eigenvalue weighted by molar-refractivity contribution is -0.117. The number of nitriles is 1. The van der Waals surface area contributed by atoms with E-state index in [1.54, 1.807) is 6.07 Å². The minimum atomic E-state index is -0.0895. The number of amides is 1. The monoisotopic (exact) mass is 369 g/mol. The summed E-state index contributed by atoms with van der Waals surface area (Å²) in [5, 5.41) is 14.4. The van der Waals surface area contributed by atoms with Gasteiger partial charge in [-0.2, -0.15) is 5.26 Å². The average molecular weight is 369 g/mol. The van der Waals surface area contributed by atoms with E-state index in [0.29, 0.717) is 30.3 Å². The van der Waals surface area contributed by atoms with E-state index in [4.69, 9.17) is 14.7 Å². The molecule has 1 fully saturated rings. The molecule has 4 rings (SSSR count). The van der Waals surface area contributed by atoms with Gasteiger partial charge in [-0.05, 0) is 48.5 Å². The van der Waals surface area contributed by atoms with Crippen molar-refractivity contribution in [2.24, 2.45) is 0 Å². The number of likely N-dealkylation sites (tertiary alicyclic amines) is 1. The summed E-state index contributed by atoms with van der Waals surface area (Å²) in [6.45, 7) is 2.33. The van der Waals surface area contributed by atoms with E-state index in [0.717, 1.165) is 36.4 Å². The normalized spacial score (nSPS) is 19.1. The summed E-state index contributed by atoms with van der Waals surface area (Å²) in [4.78, 5) is 14.6. The SMILES string of the molecule is N#Cc1ccsc1NC(=O)CN1CCC[C@H]1c1ccc2c(c1)OCCO2. The molecule has 1 amide bonds. The number of hydrogen-bond acceptors (Lipinski definition) is 6. The molecule has 1 atom stereocenters. The van der Waals surface area contributed by atoms with Crippen LogP contribution in [0.3, 0.4) is 0 Å². The number of thiophene rings is 1. The number of ether oxygens (including phenoxy) is 2. The van der Waals surface area contributed by atoms with Crippen molar-refractivity contribution in [2.75, 3.05) is 31.6 Å². The predicted molar refractivity (Wildman–Crippen MR) is 98.6 cm³/mol. The highest BCUT2D eigenvalue weighted by atomic mass is 32.1. The molecule has 1 aromatic carbocycles. The lowest BCUT2D eigenvalue weighted by Gasteiger charge is -2.26. The lowest BCUT2D eigenvalue weighted by Crippen LogP contribution is -2.33. The first kappa shape index (κ1) is 16.9. The fourth-order valence-electron chi connectivity index (χ4n) is 3.50. The standard InChI is InChI=1S/C19H19N3O3S/c20-11-14-5-9-26-19(14)21-18(23)12-22-6-1-2-15(22)13-3-4-16-17(10-13)25-8-7-24-16/h3-5,9-10,15H,1-2,6-8,12H2,(H,21,23)/t15-/m0/s1. The summed E-state index contributed by atoms with van der Waals surface area (Å²) >= 11 is 1.37. The van der Waals surface area contributed by atoms with Crippen LogP contribution in [0.25, 0.3) is 0 Å². The van der Waals surface area contributed by atoms with Crippen molar-refractivity contribution in [3.05, 3.63) is 40.8 Å². The fraction of sp³-hybridized carbons (Fsp3) is 0.368. The Labute approximate surface area is 155 Å². The second-order valence-corrected chi connectivity index (χ2v) is 7.27. The van der Waals surface area contributed by atoms with Crippen LogP contribution in [0.2, 0.25) is 0 Å². The summed E-state index contributed by atoms with van der Waals surface area (Å²) in [5.74, 6) is 1.47. The van der Waals surface area contributed by atoms with Crippen LogP contribution in [0.4, 0.5) is 5.00 Å². The zero-order chi connectivity index (χ0) is 17.9. The molecule has 6 nitrogen and oxygen atoms in total. The van der Waals surface area contributed by atoms with Gasteiger partial charge in [0.2, 0.25) is 5.91 Å². The minimum Gasteiger partial charge on any atom is -0.486 e. The Morgan fingerprint density at radius 1 is 1.31 bits per heavy atom. The number of nitrogens with one attached hydrogen (secondary N) is 1. The van der Waals surface area contributed by atoms with Gasteiger partial charge in [0, 0.05) is 6.04 Å². The molecule has 0 saturated carbocycles. The van der Waals surface area contributed by atoms with Crippen molar-refractivity contribution in [3.8, 4) is 17.6 Å². The van der Waals surface area contributed by atoms with Crippen molar-refractivity contribution in [2.45, 2.75) is 18.9 Å². The Balaban J connectivity index is 1.45. The summed E-state index contributed by atoms with van der Waals surface area (Å²) < 4.78 is 11.3. The molecule has 3 heterocycles. The Bertz CT molecular complexity index is 858. The highest BCUT2D eigenvalue weighted by molar-refractivity contribution is 7.14. The summed E-state index contributed by atoms with van der Waals surface area (Å²) in [6.07, 6.45) is 2.06. The number of fused-ring (bicyclic) bond motifs is 1. The zero-order valence-corrected chi connectivity index (χ0v) is 15.1. The van der Waals surface area contributed by atoms with Gasteiger partial charge in [-0.25, -0.2) is 0 Å². The lowest BCUT2D eigenvalue weighted by atomic mass is 10.0. The van der Waals surface area contributed by atoms with Gasteiger partial charge < -0.3 is 14.8 Å². The highest BCUT2D eigenvalue weighted by Crippen LogP contribution is 2.38. The maximum absolute atomic E-state index is 12.4. The highest BCUT2D eigenvalue weighted by Gasteiger charge is 2.29. The minimum absolute atomic E-state index is 0.0895. The second kappa shape index (κ2) is 7.36. The molecule has 2 aromatic rings. The molecule has 7 heteroatoms. The van der Waals surface area contributed by atoms with E-state index in [-0.39, 0.29) is 11.9 Å². The summed E-state index contributed by atoms with van der Waals surface area (Å²) in [7, 11) is 0. The Kier molecular flexibility index (Phi) is 4.78. The van der Waals surface area contributed by atoms with Crippen molar-refractivity contribution < 1.29 is 14.3 Å². The second-order valence-electron chi connectivity index (χ2n) is 6.35. The van der Waals surface area contributed by atoms with Crippen molar-refractivity contribution >= 4 is 22.2 Å². The van der Waals surface area contributed by atoms with Crippen LogP contribution in [0, 0.1) is 11.3 Å². The van der Waals surface area contributed by atoms with Crippen LogP contribution < -0.4 is 14.8 Å². The van der Waals surface area contributed by atoms with E-state index in [1.807, 2.05) is 17.5 Å². The van der Waals surface area contributed by atoms with E-state index >= 15 is 0 Å². The molecule has 0 bridgehead atoms. The van der Waals surface area contributed by atoms with Gasteiger partial charge >= 0.3 is 0 Å². The molecule has 0 spiro atoms. The number of rotatable bonds is 4. The van der Waals surface area contributed by atoms with Gasteiger partial charge in [-0.1, -0.05) is 6.07 Å². The third-order valence-corrected chi connectivity index (χ3v) is 5.53. The number of hydrogen-bond donors (Lipinski definition) is 1. The first-order valence-corrected chi connectivity index (χ1v) is 9.53. The smallest absolute Gasteiger partial charge is 0.239 e. The summed E-state index contributed by atoms with van der Waals surface area (Å²) in [5.41, 5.74) is 1.65. The Morgan fingerprint density at radius 3 is 3.00 bits per heavy atom. The molecule has 0 aliphatic carbocycles. The first-order valence-electron chi connectivity index (χ1n) is 8.65. The molecule has 2 aliphatic rings. The Morgan fingerprint density at radius 2 is 2.15 bits per heavy atom. The van der Waals surface area contributed by atoms with Crippen LogP contribution in [-0.2, 0) is 4.79 Å². The summed E-state index contributed by atoms with van der Waals surface area (Å²) in [6, 6.07) is 10.0. The maximum Gasteiger partial charge on any atom is 0.239 e. The number of anilines is 1. The molecule has 0 unspecified atom stereocenters. The molecule has 134 valence electrons. The van der Waals surface area contributed by atoms with Gasteiger partial charge in [0.05, 0.1) is 12.1 Å². The van der Waals surface area contributed by atoms with Crippen molar-refractivity contribution in [3.63, 3.8) is 0 Å². The number of benzene rings is 1. The molecule has 0 radical (unpaired) electrons. The molecule has 26 heavy (non-hydrogen) atoms. The molecule has 1 saturated heterocycles. The van der Waals surface area contributed by atoms with Crippen LogP contribution in [0.5, 0.6) is 11.5 Å². The van der Waals surface area contributed by atoms with Crippen LogP contribution >= 0.6 is 11.3 Å². The predicted octanol–water partition coefficient (Wildman–Crippen LogP) is 3.17. The third-order valence-electron chi connectivity index (χ3n) is 4.70. The van der Waals surface area contributed by atoms with Crippen LogP contribution in [0.1, 0.15) is 30.0 Å². The van der Waals surface area contributed by atoms with Crippen LogP contribution in [0.15, 0.2) is 29.6 Å². The maximum atomic E-state index is 12.4. The van der Waals surface area contributed by atoms with Gasteiger partial charge in [0.1, 0.15) is 24.3 Å². The molecule has 2 aliphatic heterocycles. The quantitative estimate of drug-likeness (QED) is 0.896. The zero-order valence-electron chi connectivity index (χ0n) is 14.2. The molecule has 1 N–H and O–H groups in total. The topological polar surface area (TPSA) is 74.6 Å². The van der Waals surface area contributed by atoms with Gasteiger partial charge in [0.15, 0.2) is 11.5 Å². The first-order chi connectivity index (χ1) is 12.7. The molecular formula is C19H19N3O3S. The number of carbonyl (C=O) groups is 1. The Hall–Kier alpha value is -2.56. The van der Waals surface area contributed by atoms with Gasteiger partial charge in [-0.3, -0.25) is 9.69 Å². The van der Waals surface area contributed by atoms with E-state index in [1.165, 1.54) is 11.3 Å². The van der Waals surface area contributed by atoms with E-state index < -0.39 is 0 Å². The molecule has 1 aromatic heterocycles. The average Bonchev–Trinajstić information content (AvgIpc) is 3.30. The van der Waals surface area contributed by atoms with Gasteiger partial charge in [-0.15, -0.1) is 11.3 Å². The number of carbonyl (C=O) groups excluding carboxylic acids is 1. The van der Waals surface area contributed by atoms with E-state index in [2.05, 4.69) is 22.4 Å².